The van der Waals surface area contributed by atoms with Crippen LogP contribution in [-0.4, -0.2) is 67.6 Å². The second-order valence-electron chi connectivity index (χ2n) is 6.06. The maximum Gasteiger partial charge on any atom is 0.259 e. The third kappa shape index (κ3) is 3.71. The molecule has 3 rings (SSSR count). The Hall–Kier alpha value is -1.50. The predicted molar refractivity (Wildman–Crippen MR) is 94.5 cm³/mol. The van der Waals surface area contributed by atoms with E-state index in [1.54, 1.807) is 21.9 Å². The fraction of sp³-hybridized carbons (Fsp3) is 0.529. The summed E-state index contributed by atoms with van der Waals surface area (Å²) < 4.78 is 10.7. The fourth-order valence-corrected chi connectivity index (χ4v) is 3.66. The molecule has 1 aromatic carbocycles. The van der Waals surface area contributed by atoms with Gasteiger partial charge in [-0.15, -0.1) is 0 Å². The molecule has 8 heteroatoms. The molecule has 2 saturated heterocycles. The van der Waals surface area contributed by atoms with Gasteiger partial charge in [0, 0.05) is 32.8 Å². The van der Waals surface area contributed by atoms with Crippen LogP contribution in [0.1, 0.15) is 23.2 Å². The average molecular weight is 387 g/mol. The number of hydrogen-bond donors (Lipinski definition) is 0. The molecule has 0 aliphatic carbocycles. The number of piperazine rings is 1. The van der Waals surface area contributed by atoms with Crippen molar-refractivity contribution in [1.29, 1.82) is 0 Å². The van der Waals surface area contributed by atoms with Gasteiger partial charge in [0.2, 0.25) is 0 Å². The SMILES string of the molecule is COc1c(Cl)ccc(Cl)c1C(=O)N1CCN(C(=O)C2CCCO2)CC1. The lowest BCUT2D eigenvalue weighted by Crippen LogP contribution is -2.52. The highest BCUT2D eigenvalue weighted by atomic mass is 35.5. The lowest BCUT2D eigenvalue weighted by molar-refractivity contribution is -0.142. The molecule has 2 fully saturated rings. The molecule has 0 spiro atoms. The number of halogens is 2. The standard InChI is InChI=1S/C17H20Cl2N2O4/c1-24-15-12(19)5-4-11(18)14(15)17(23)21-8-6-20(7-9-21)16(22)13-3-2-10-25-13/h4-5,13H,2-3,6-10H2,1H3. The Bertz CT molecular complexity index is 669. The second-order valence-corrected chi connectivity index (χ2v) is 6.87. The minimum absolute atomic E-state index is 0.0166. The van der Waals surface area contributed by atoms with Gasteiger partial charge in [-0.1, -0.05) is 23.2 Å². The van der Waals surface area contributed by atoms with E-state index < -0.39 is 0 Å². The zero-order chi connectivity index (χ0) is 18.0. The first-order valence-corrected chi connectivity index (χ1v) is 9.00. The molecule has 1 unspecified atom stereocenters. The highest BCUT2D eigenvalue weighted by molar-refractivity contribution is 6.37. The van der Waals surface area contributed by atoms with Gasteiger partial charge in [-0.05, 0) is 25.0 Å². The van der Waals surface area contributed by atoms with Crippen LogP contribution in [0.3, 0.4) is 0 Å². The number of rotatable bonds is 3. The summed E-state index contributed by atoms with van der Waals surface area (Å²) >= 11 is 12.3. The molecule has 0 aromatic heterocycles. The molecule has 0 saturated carbocycles. The van der Waals surface area contributed by atoms with Gasteiger partial charge in [0.15, 0.2) is 5.75 Å². The number of benzene rings is 1. The summed E-state index contributed by atoms with van der Waals surface area (Å²) in [7, 11) is 1.45. The number of ether oxygens (including phenoxy) is 2. The molecule has 2 aliphatic heterocycles. The molecular weight excluding hydrogens is 367 g/mol. The summed E-state index contributed by atoms with van der Waals surface area (Å²) in [5.41, 5.74) is 0.260. The number of hydrogen-bond acceptors (Lipinski definition) is 4. The van der Waals surface area contributed by atoms with Crippen LogP contribution < -0.4 is 4.74 Å². The van der Waals surface area contributed by atoms with E-state index in [9.17, 15) is 9.59 Å². The summed E-state index contributed by atoms with van der Waals surface area (Å²) in [6.45, 7) is 2.46. The molecule has 0 radical (unpaired) electrons. The molecule has 1 atom stereocenters. The predicted octanol–water partition coefficient (Wildman–Crippen LogP) is 2.47. The topological polar surface area (TPSA) is 59.1 Å². The number of carbonyl (C=O) groups excluding carboxylic acids is 2. The van der Waals surface area contributed by atoms with Crippen LogP contribution in [0.25, 0.3) is 0 Å². The minimum atomic E-state index is -0.329. The van der Waals surface area contributed by atoms with Gasteiger partial charge in [-0.2, -0.15) is 0 Å². The number of nitrogens with zero attached hydrogens (tertiary/aromatic N) is 2. The van der Waals surface area contributed by atoms with Crippen LogP contribution in [-0.2, 0) is 9.53 Å². The fourth-order valence-electron chi connectivity index (χ4n) is 3.20. The van der Waals surface area contributed by atoms with Gasteiger partial charge >= 0.3 is 0 Å². The summed E-state index contributed by atoms with van der Waals surface area (Å²) in [6.07, 6.45) is 1.36. The molecule has 136 valence electrons. The Morgan fingerprint density at radius 3 is 2.36 bits per heavy atom. The summed E-state index contributed by atoms with van der Waals surface area (Å²) in [5.74, 6) is 0.0496. The second kappa shape index (κ2) is 7.81. The lowest BCUT2D eigenvalue weighted by atomic mass is 10.1. The quantitative estimate of drug-likeness (QED) is 0.800. The Kier molecular flexibility index (Phi) is 5.71. The molecule has 2 heterocycles. The van der Waals surface area contributed by atoms with Crippen molar-refractivity contribution in [2.24, 2.45) is 0 Å². The Balaban J connectivity index is 1.68. The number of amides is 2. The molecule has 0 N–H and O–H groups in total. The molecule has 6 nitrogen and oxygen atoms in total. The van der Waals surface area contributed by atoms with Gasteiger partial charge in [0.25, 0.3) is 11.8 Å². The van der Waals surface area contributed by atoms with E-state index in [0.29, 0.717) is 42.8 Å². The van der Waals surface area contributed by atoms with E-state index in [0.717, 1.165) is 12.8 Å². The smallest absolute Gasteiger partial charge is 0.259 e. The maximum absolute atomic E-state index is 12.9. The highest BCUT2D eigenvalue weighted by Crippen LogP contribution is 2.34. The monoisotopic (exact) mass is 386 g/mol. The van der Waals surface area contributed by atoms with Crippen LogP contribution in [0.15, 0.2) is 12.1 Å². The largest absolute Gasteiger partial charge is 0.494 e. The van der Waals surface area contributed by atoms with Crippen molar-refractivity contribution in [3.63, 3.8) is 0 Å². The van der Waals surface area contributed by atoms with Crippen molar-refractivity contribution < 1.29 is 19.1 Å². The zero-order valence-electron chi connectivity index (χ0n) is 14.0. The normalized spacial score (nSPS) is 20.7. The maximum atomic E-state index is 12.9. The molecule has 2 amide bonds. The summed E-state index contributed by atoms with van der Waals surface area (Å²) in [6, 6.07) is 3.18. The van der Waals surface area contributed by atoms with E-state index >= 15 is 0 Å². The van der Waals surface area contributed by atoms with E-state index in [2.05, 4.69) is 0 Å². The number of methoxy groups -OCH3 is 1. The van der Waals surface area contributed by atoms with Crippen molar-refractivity contribution in [1.82, 2.24) is 9.80 Å². The summed E-state index contributed by atoms with van der Waals surface area (Å²) in [4.78, 5) is 28.7. The Labute approximate surface area is 156 Å². The van der Waals surface area contributed by atoms with Crippen molar-refractivity contribution in [2.45, 2.75) is 18.9 Å². The van der Waals surface area contributed by atoms with Gasteiger partial charge in [-0.25, -0.2) is 0 Å². The first-order chi connectivity index (χ1) is 12.0. The Morgan fingerprint density at radius 1 is 1.12 bits per heavy atom. The van der Waals surface area contributed by atoms with Crippen molar-refractivity contribution in [3.8, 4) is 5.75 Å². The van der Waals surface area contributed by atoms with Crippen molar-refractivity contribution in [3.05, 3.63) is 27.7 Å². The first-order valence-electron chi connectivity index (χ1n) is 8.24. The van der Waals surface area contributed by atoms with Gasteiger partial charge in [0.1, 0.15) is 11.7 Å². The van der Waals surface area contributed by atoms with E-state index in [-0.39, 0.29) is 29.2 Å². The van der Waals surface area contributed by atoms with E-state index in [1.165, 1.54) is 7.11 Å². The molecule has 2 aliphatic rings. The third-order valence-corrected chi connectivity index (χ3v) is 5.17. The van der Waals surface area contributed by atoms with Crippen molar-refractivity contribution >= 4 is 35.0 Å². The van der Waals surface area contributed by atoms with Crippen LogP contribution in [0.4, 0.5) is 0 Å². The van der Waals surface area contributed by atoms with Gasteiger partial charge in [0.05, 0.1) is 17.2 Å². The van der Waals surface area contributed by atoms with Crippen LogP contribution in [0.5, 0.6) is 5.75 Å². The van der Waals surface area contributed by atoms with Gasteiger partial charge < -0.3 is 19.3 Å². The van der Waals surface area contributed by atoms with Crippen LogP contribution in [0, 0.1) is 0 Å². The molecule has 25 heavy (non-hydrogen) atoms. The van der Waals surface area contributed by atoms with Crippen LogP contribution >= 0.6 is 23.2 Å². The highest BCUT2D eigenvalue weighted by Gasteiger charge is 2.32. The zero-order valence-corrected chi connectivity index (χ0v) is 15.5. The third-order valence-electron chi connectivity index (χ3n) is 4.56. The van der Waals surface area contributed by atoms with Gasteiger partial charge in [-0.3, -0.25) is 9.59 Å². The van der Waals surface area contributed by atoms with Crippen LogP contribution in [0.2, 0.25) is 10.0 Å². The summed E-state index contributed by atoms with van der Waals surface area (Å²) in [5, 5.41) is 0.631. The van der Waals surface area contributed by atoms with E-state index in [4.69, 9.17) is 32.7 Å². The molecular formula is C17H20Cl2N2O4. The Morgan fingerprint density at radius 2 is 1.76 bits per heavy atom. The average Bonchev–Trinajstić information content (AvgIpc) is 3.17. The first kappa shape index (κ1) is 18.3. The molecule has 0 bridgehead atoms. The van der Waals surface area contributed by atoms with E-state index in [1.807, 2.05) is 0 Å². The number of carbonyl (C=O) groups is 2. The lowest BCUT2D eigenvalue weighted by Gasteiger charge is -2.36. The molecule has 1 aromatic rings. The minimum Gasteiger partial charge on any atom is -0.494 e. The van der Waals surface area contributed by atoms with Crippen molar-refractivity contribution in [2.75, 3.05) is 39.9 Å².